The van der Waals surface area contributed by atoms with Crippen LogP contribution in [0.3, 0.4) is 0 Å². The van der Waals surface area contributed by atoms with E-state index in [1.165, 1.54) is 13.3 Å². The van der Waals surface area contributed by atoms with E-state index in [0.29, 0.717) is 4.88 Å². The second kappa shape index (κ2) is 7.79. The maximum atomic E-state index is 11.8. The number of aromatic nitrogens is 1. The standard InChI is InChI=1S/C21H22N4O3S/c1-13(26)25-20(27)18(29-21(25)22)12-15-10-14-11-16(28-2)6-7-17(14)23-19(15)24-8-4-3-5-9-24/h6-7,10-12,22H,3-5,8-9H2,1-2H3/p+1. The van der Waals surface area contributed by atoms with Crippen molar-refractivity contribution in [3.63, 3.8) is 0 Å². The van der Waals surface area contributed by atoms with Gasteiger partial charge in [-0.2, -0.15) is 0 Å². The van der Waals surface area contributed by atoms with Gasteiger partial charge >= 0.3 is 5.84 Å². The Morgan fingerprint density at radius 3 is 2.76 bits per heavy atom. The zero-order valence-electron chi connectivity index (χ0n) is 16.4. The molecule has 0 saturated carbocycles. The Bertz CT molecular complexity index is 1230. The summed E-state index contributed by atoms with van der Waals surface area (Å²) in [6, 6.07) is 5.77. The lowest BCUT2D eigenvalue weighted by atomic mass is 10.1. The number of hydrogen-bond acceptors (Lipinski definition) is 5. The fourth-order valence-corrected chi connectivity index (χ4v) is 4.57. The molecule has 3 heterocycles. The Labute approximate surface area is 171 Å². The van der Waals surface area contributed by atoms with Crippen molar-refractivity contribution in [1.29, 1.82) is 5.41 Å². The lowest BCUT2D eigenvalue weighted by molar-refractivity contribution is -0.537. The monoisotopic (exact) mass is 411 g/mol. The molecule has 0 unspecified atom stereocenters. The van der Waals surface area contributed by atoms with E-state index in [-0.39, 0.29) is 16.6 Å². The van der Waals surface area contributed by atoms with Gasteiger partial charge < -0.3 is 9.84 Å². The van der Waals surface area contributed by atoms with Gasteiger partial charge in [0, 0.05) is 12.1 Å². The zero-order valence-corrected chi connectivity index (χ0v) is 17.3. The van der Waals surface area contributed by atoms with Gasteiger partial charge in [-0.1, -0.05) is 11.3 Å². The molecule has 0 amide bonds. The number of carbonyl (C=O) groups excluding carboxylic acids is 1. The van der Waals surface area contributed by atoms with Gasteiger partial charge in [0.05, 0.1) is 30.6 Å². The number of ether oxygens (including phenoxy) is 1. The third-order valence-corrected chi connectivity index (χ3v) is 6.03. The van der Waals surface area contributed by atoms with Crippen LogP contribution in [0, 0.1) is 5.41 Å². The first-order chi connectivity index (χ1) is 14.0. The highest BCUT2D eigenvalue weighted by atomic mass is 32.1. The summed E-state index contributed by atoms with van der Waals surface area (Å²) in [7, 11) is 1.63. The van der Waals surface area contributed by atoms with Crippen molar-refractivity contribution >= 4 is 35.2 Å². The van der Waals surface area contributed by atoms with Crippen LogP contribution in [0.4, 0.5) is 0 Å². The molecule has 0 radical (unpaired) electrons. The number of methoxy groups -OCH3 is 1. The van der Waals surface area contributed by atoms with Crippen molar-refractivity contribution in [3.8, 4) is 11.6 Å². The minimum Gasteiger partial charge on any atom is -0.497 e. The van der Waals surface area contributed by atoms with E-state index in [1.807, 2.05) is 30.4 Å². The Morgan fingerprint density at radius 2 is 2.10 bits per heavy atom. The topological polar surface area (TPSA) is 90.7 Å². The Balaban J connectivity index is 1.94. The molecule has 2 aliphatic heterocycles. The van der Waals surface area contributed by atoms with Crippen LogP contribution < -0.4 is 20.1 Å². The summed E-state index contributed by atoms with van der Waals surface area (Å²) in [5, 5.41) is 20.3. The van der Waals surface area contributed by atoms with Gasteiger partial charge in [-0.3, -0.25) is 14.8 Å². The lowest BCUT2D eigenvalue weighted by Gasteiger charge is -2.15. The van der Waals surface area contributed by atoms with Gasteiger partial charge in [-0.05, 0) is 54.6 Å². The Kier molecular flexibility index (Phi) is 5.19. The first-order valence-electron chi connectivity index (χ1n) is 9.57. The molecule has 0 aliphatic carbocycles. The normalized spacial score (nSPS) is 17.5. The quantitative estimate of drug-likeness (QED) is 0.734. The van der Waals surface area contributed by atoms with Crippen molar-refractivity contribution < 1.29 is 19.2 Å². The molecule has 1 fully saturated rings. The first-order valence-corrected chi connectivity index (χ1v) is 10.4. The number of rotatable bonds is 2. The summed E-state index contributed by atoms with van der Waals surface area (Å²) < 4.78 is 8.62. The zero-order chi connectivity index (χ0) is 20.5. The van der Waals surface area contributed by atoms with Gasteiger partial charge in [0.25, 0.3) is 0 Å². The van der Waals surface area contributed by atoms with Crippen LogP contribution in [0.25, 0.3) is 12.2 Å². The van der Waals surface area contributed by atoms with Crippen molar-refractivity contribution in [2.45, 2.75) is 26.2 Å². The predicted octanol–water partition coefficient (Wildman–Crippen LogP) is 1.50. The van der Waals surface area contributed by atoms with E-state index < -0.39 is 0 Å². The minimum atomic E-state index is -0.388. The van der Waals surface area contributed by atoms with E-state index >= 15 is 0 Å². The SMILES string of the molecule is COc1ccc2c(c1)=C/C(=C\c1sc(=N)n(C(C)=O)c1O)C(=[N+]1CCCCC1)N=2. The summed E-state index contributed by atoms with van der Waals surface area (Å²) in [4.78, 5) is 17.1. The van der Waals surface area contributed by atoms with Gasteiger partial charge in [0.1, 0.15) is 5.75 Å². The molecule has 1 aromatic heterocycles. The second-order valence-corrected chi connectivity index (χ2v) is 8.13. The van der Waals surface area contributed by atoms with Crippen LogP contribution in [0.15, 0.2) is 28.8 Å². The third kappa shape index (κ3) is 3.67. The fourth-order valence-electron chi connectivity index (χ4n) is 3.68. The van der Waals surface area contributed by atoms with E-state index in [9.17, 15) is 9.90 Å². The Hall–Kier alpha value is -3.00. The lowest BCUT2D eigenvalue weighted by Crippen LogP contribution is -2.35. The van der Waals surface area contributed by atoms with Gasteiger partial charge in [-0.15, -0.1) is 0 Å². The number of carbonyl (C=O) groups is 1. The smallest absolute Gasteiger partial charge is 0.326 e. The Morgan fingerprint density at radius 1 is 1.34 bits per heavy atom. The van der Waals surface area contributed by atoms with Crippen LogP contribution in [-0.4, -0.2) is 46.2 Å². The molecule has 1 aromatic carbocycles. The highest BCUT2D eigenvalue weighted by molar-refractivity contribution is 7.10. The molecular formula is C21H23N4O3S+. The average Bonchev–Trinajstić information content (AvgIpc) is 3.00. The molecule has 1 saturated heterocycles. The number of amidine groups is 1. The molecule has 7 nitrogen and oxygen atoms in total. The molecule has 150 valence electrons. The number of aromatic hydroxyl groups is 1. The molecule has 0 atom stereocenters. The number of nitrogens with one attached hydrogen (secondary N) is 1. The van der Waals surface area contributed by atoms with E-state index in [1.54, 1.807) is 7.11 Å². The molecule has 4 rings (SSSR count). The maximum absolute atomic E-state index is 11.8. The van der Waals surface area contributed by atoms with Crippen molar-refractivity contribution in [2.24, 2.45) is 4.99 Å². The average molecular weight is 412 g/mol. The molecule has 2 N–H and O–H groups in total. The summed E-state index contributed by atoms with van der Waals surface area (Å²) in [6.07, 6.45) is 7.29. The number of piperidine rings is 1. The maximum Gasteiger partial charge on any atom is 0.326 e. The van der Waals surface area contributed by atoms with Gasteiger partial charge in [-0.25, -0.2) is 4.57 Å². The van der Waals surface area contributed by atoms with Crippen molar-refractivity contribution in [3.05, 3.63) is 44.0 Å². The number of thiazole rings is 1. The van der Waals surface area contributed by atoms with Gasteiger partial charge in [0.2, 0.25) is 11.8 Å². The van der Waals surface area contributed by atoms with Crippen LogP contribution in [0.1, 0.15) is 35.9 Å². The summed E-state index contributed by atoms with van der Waals surface area (Å²) in [5.74, 6) is 1.01. The fraction of sp³-hybridized carbons (Fsp3) is 0.333. The molecule has 29 heavy (non-hydrogen) atoms. The summed E-state index contributed by atoms with van der Waals surface area (Å²) >= 11 is 1.06. The number of nitrogens with zero attached hydrogens (tertiary/aromatic N) is 3. The van der Waals surface area contributed by atoms with E-state index in [4.69, 9.17) is 15.1 Å². The first kappa shape index (κ1) is 19.3. The van der Waals surface area contributed by atoms with E-state index in [2.05, 4.69) is 4.58 Å². The molecule has 0 bridgehead atoms. The van der Waals surface area contributed by atoms with E-state index in [0.717, 1.165) is 69.6 Å². The highest BCUT2D eigenvalue weighted by Crippen LogP contribution is 2.24. The third-order valence-electron chi connectivity index (χ3n) is 5.13. The number of benzene rings is 1. The van der Waals surface area contributed by atoms with Crippen LogP contribution >= 0.6 is 11.3 Å². The van der Waals surface area contributed by atoms with Crippen molar-refractivity contribution in [2.75, 3.05) is 20.2 Å². The molecule has 2 aliphatic rings. The predicted molar refractivity (Wildman–Crippen MR) is 111 cm³/mol. The summed E-state index contributed by atoms with van der Waals surface area (Å²) in [5.41, 5.74) is 0.847. The summed E-state index contributed by atoms with van der Waals surface area (Å²) in [6.45, 7) is 3.20. The van der Waals surface area contributed by atoms with Crippen LogP contribution in [0.5, 0.6) is 11.6 Å². The largest absolute Gasteiger partial charge is 0.497 e. The molecule has 2 aromatic rings. The number of fused-ring (bicyclic) bond motifs is 1. The molecular weight excluding hydrogens is 388 g/mol. The molecule has 0 spiro atoms. The second-order valence-electron chi connectivity index (χ2n) is 7.10. The van der Waals surface area contributed by atoms with Crippen LogP contribution in [0.2, 0.25) is 0 Å². The van der Waals surface area contributed by atoms with Gasteiger partial charge in [0.15, 0.2) is 10.2 Å². The molecule has 8 heteroatoms. The highest BCUT2D eigenvalue weighted by Gasteiger charge is 2.24. The number of hydrogen-bond donors (Lipinski definition) is 2. The van der Waals surface area contributed by atoms with Crippen LogP contribution in [-0.2, 0) is 0 Å². The minimum absolute atomic E-state index is 0.00353. The van der Waals surface area contributed by atoms with Crippen molar-refractivity contribution in [1.82, 2.24) is 4.57 Å².